The van der Waals surface area contributed by atoms with E-state index in [9.17, 15) is 50.8 Å². The average Bonchev–Trinajstić information content (AvgIpc) is 2.94. The Hall–Kier alpha value is -3.31. The summed E-state index contributed by atoms with van der Waals surface area (Å²) in [5, 5.41) is 91.2. The van der Waals surface area contributed by atoms with Crippen LogP contribution in [0.1, 0.15) is 18.6 Å². The van der Waals surface area contributed by atoms with Gasteiger partial charge in [-0.2, -0.15) is 0 Å². The highest BCUT2D eigenvalue weighted by atomic mass is 16.7. The second-order valence-electron chi connectivity index (χ2n) is 10.1. The molecule has 2 aliphatic rings. The average molecular weight is 579 g/mol. The first kappa shape index (κ1) is 29.2. The third-order valence-electron chi connectivity index (χ3n) is 7.39. The smallest absolute Gasteiger partial charge is 0.229 e. The summed E-state index contributed by atoms with van der Waals surface area (Å²) in [6.45, 7) is 0.785. The van der Waals surface area contributed by atoms with Crippen molar-refractivity contribution < 1.29 is 64.6 Å². The maximum absolute atomic E-state index is 13.1. The van der Waals surface area contributed by atoms with Gasteiger partial charge in [0.2, 0.25) is 6.29 Å². The van der Waals surface area contributed by atoms with Crippen molar-refractivity contribution >= 4 is 11.0 Å². The van der Waals surface area contributed by atoms with Crippen molar-refractivity contribution in [2.75, 3.05) is 6.61 Å². The second-order valence-corrected chi connectivity index (χ2v) is 10.1. The Morgan fingerprint density at radius 2 is 1.49 bits per heavy atom. The molecule has 5 rings (SSSR count). The van der Waals surface area contributed by atoms with Crippen LogP contribution in [0.25, 0.3) is 22.3 Å². The van der Waals surface area contributed by atoms with Gasteiger partial charge in [-0.3, -0.25) is 4.79 Å². The molecular weight excluding hydrogens is 548 g/mol. The molecule has 0 saturated carbocycles. The van der Waals surface area contributed by atoms with E-state index in [0.29, 0.717) is 5.56 Å². The first-order valence-corrected chi connectivity index (χ1v) is 12.7. The van der Waals surface area contributed by atoms with Crippen molar-refractivity contribution in [2.24, 2.45) is 0 Å². The van der Waals surface area contributed by atoms with Gasteiger partial charge in [-0.15, -0.1) is 0 Å². The molecule has 1 aromatic heterocycles. The molecule has 41 heavy (non-hydrogen) atoms. The minimum absolute atomic E-state index is 0.0505. The molecular formula is C27H30O14. The van der Waals surface area contributed by atoms with Crippen LogP contribution in [-0.2, 0) is 9.47 Å². The third-order valence-corrected chi connectivity index (χ3v) is 7.39. The van der Waals surface area contributed by atoms with Gasteiger partial charge in [-0.1, -0.05) is 0 Å². The maximum Gasteiger partial charge on any atom is 0.229 e. The van der Waals surface area contributed by atoms with Crippen LogP contribution in [0, 0.1) is 0 Å². The molecule has 3 heterocycles. The first-order valence-electron chi connectivity index (χ1n) is 12.7. The second kappa shape index (κ2) is 11.2. The summed E-state index contributed by atoms with van der Waals surface area (Å²) in [6.07, 6.45) is -14.5. The molecule has 0 bridgehead atoms. The summed E-state index contributed by atoms with van der Waals surface area (Å²) in [6, 6.07) is 8.11. The number of aliphatic hydroxyl groups excluding tert-OH is 7. The van der Waals surface area contributed by atoms with Crippen molar-refractivity contribution in [3.63, 3.8) is 0 Å². The molecule has 0 radical (unpaired) electrons. The van der Waals surface area contributed by atoms with Gasteiger partial charge in [0.05, 0.1) is 18.3 Å². The number of ether oxygens (including phenoxy) is 3. The zero-order valence-corrected chi connectivity index (χ0v) is 21.5. The Morgan fingerprint density at radius 3 is 2.15 bits per heavy atom. The fourth-order valence-electron chi connectivity index (χ4n) is 5.01. The molecule has 0 amide bonds. The summed E-state index contributed by atoms with van der Waals surface area (Å²) in [4.78, 5) is 13.1. The number of rotatable bonds is 5. The Kier molecular flexibility index (Phi) is 7.95. The minimum Gasteiger partial charge on any atom is -0.507 e. The quantitative estimate of drug-likeness (QED) is 0.169. The fourth-order valence-corrected chi connectivity index (χ4v) is 5.01. The number of hydrogen-bond donors (Lipinski definition) is 9. The normalized spacial score (nSPS) is 34.0. The SMILES string of the molecule is C[C@@H]1O[C@@H](Oc2ccc(-c3cc(=O)c4c(O)c([C@@H]5O[C@H](CO)[C@@H](O)[C@H](O)[C@H]5O)c(O)cc4o3)cc2)[C@H](O)[C@H](O)[C@H]1O. The highest BCUT2D eigenvalue weighted by molar-refractivity contribution is 5.88. The monoisotopic (exact) mass is 578 g/mol. The van der Waals surface area contributed by atoms with Gasteiger partial charge in [0.1, 0.15) is 82.8 Å². The molecule has 0 aliphatic carbocycles. The van der Waals surface area contributed by atoms with E-state index < -0.39 is 90.3 Å². The van der Waals surface area contributed by atoms with Crippen LogP contribution >= 0.6 is 0 Å². The van der Waals surface area contributed by atoms with Crippen LogP contribution < -0.4 is 10.2 Å². The van der Waals surface area contributed by atoms with E-state index in [1.165, 1.54) is 31.2 Å². The number of hydrogen-bond acceptors (Lipinski definition) is 14. The molecule has 2 aromatic carbocycles. The number of aromatic hydroxyl groups is 2. The molecule has 2 aliphatic heterocycles. The van der Waals surface area contributed by atoms with Gasteiger partial charge in [0.15, 0.2) is 5.43 Å². The predicted octanol–water partition coefficient (Wildman–Crippen LogP) is -1.41. The molecule has 10 atom stereocenters. The largest absolute Gasteiger partial charge is 0.507 e. The van der Waals surface area contributed by atoms with Crippen molar-refractivity contribution in [3.05, 3.63) is 52.2 Å². The molecule has 2 saturated heterocycles. The lowest BCUT2D eigenvalue weighted by molar-refractivity contribution is -0.268. The molecule has 0 unspecified atom stereocenters. The van der Waals surface area contributed by atoms with E-state index in [2.05, 4.69) is 0 Å². The number of phenolic OH excluding ortho intramolecular Hbond substituents is 2. The van der Waals surface area contributed by atoms with Crippen LogP contribution in [0.5, 0.6) is 17.2 Å². The van der Waals surface area contributed by atoms with Gasteiger partial charge in [-0.25, -0.2) is 0 Å². The summed E-state index contributed by atoms with van der Waals surface area (Å²) in [7, 11) is 0. The number of fused-ring (bicyclic) bond motifs is 1. The van der Waals surface area contributed by atoms with Crippen LogP contribution in [-0.4, -0.2) is 108 Å². The van der Waals surface area contributed by atoms with E-state index in [4.69, 9.17) is 18.6 Å². The molecule has 3 aromatic rings. The first-order chi connectivity index (χ1) is 19.4. The minimum atomic E-state index is -1.81. The van der Waals surface area contributed by atoms with E-state index in [1.807, 2.05) is 0 Å². The Labute approximate surface area is 231 Å². The molecule has 0 spiro atoms. The zero-order valence-electron chi connectivity index (χ0n) is 21.5. The van der Waals surface area contributed by atoms with E-state index in [-0.39, 0.29) is 22.5 Å². The predicted molar refractivity (Wildman–Crippen MR) is 137 cm³/mol. The molecule has 9 N–H and O–H groups in total. The fraction of sp³-hybridized carbons (Fsp3) is 0.444. The van der Waals surface area contributed by atoms with Crippen molar-refractivity contribution in [1.82, 2.24) is 0 Å². The number of aliphatic hydroxyl groups is 7. The van der Waals surface area contributed by atoms with Gasteiger partial charge in [0.25, 0.3) is 0 Å². The Balaban J connectivity index is 1.43. The number of phenols is 2. The summed E-state index contributed by atoms with van der Waals surface area (Å²) in [5.74, 6) is -1.14. The van der Waals surface area contributed by atoms with Crippen molar-refractivity contribution in [3.8, 4) is 28.6 Å². The summed E-state index contributed by atoms with van der Waals surface area (Å²) >= 11 is 0. The number of benzene rings is 2. The van der Waals surface area contributed by atoms with Crippen molar-refractivity contribution in [1.29, 1.82) is 0 Å². The van der Waals surface area contributed by atoms with Crippen LogP contribution in [0.3, 0.4) is 0 Å². The molecule has 14 heteroatoms. The molecule has 2 fully saturated rings. The lowest BCUT2D eigenvalue weighted by Gasteiger charge is -2.40. The van der Waals surface area contributed by atoms with Gasteiger partial charge < -0.3 is 64.6 Å². The molecule has 222 valence electrons. The summed E-state index contributed by atoms with van der Waals surface area (Å²) in [5.41, 5.74) is -0.973. The standard InChI is InChI=1S/C27H30O14/c1-9-19(31)22(34)25(37)27(38-9)39-11-4-2-10(3-5-11)14-6-12(29)17-15(40-14)7-13(30)18(21(17)33)26-24(36)23(35)20(32)16(8-28)41-26/h2-7,9,16,19-20,22-28,30-37H,8H2,1H3/t9-,16+,19-,20+,22+,23-,24+,25+,26-,27-/m0/s1. The maximum atomic E-state index is 13.1. The van der Waals surface area contributed by atoms with E-state index >= 15 is 0 Å². The van der Waals surface area contributed by atoms with Crippen LogP contribution in [0.2, 0.25) is 0 Å². The molecule has 14 nitrogen and oxygen atoms in total. The van der Waals surface area contributed by atoms with Gasteiger partial charge in [-0.05, 0) is 31.2 Å². The lowest BCUT2D eigenvalue weighted by atomic mass is 9.89. The highest BCUT2D eigenvalue weighted by Crippen LogP contribution is 2.44. The van der Waals surface area contributed by atoms with E-state index in [1.54, 1.807) is 0 Å². The van der Waals surface area contributed by atoms with Crippen LogP contribution in [0.4, 0.5) is 0 Å². The van der Waals surface area contributed by atoms with E-state index in [0.717, 1.165) is 12.1 Å². The van der Waals surface area contributed by atoms with Crippen molar-refractivity contribution in [2.45, 2.75) is 68.1 Å². The van der Waals surface area contributed by atoms with Gasteiger partial charge in [0, 0.05) is 17.7 Å². The Bertz CT molecular complexity index is 1450. The summed E-state index contributed by atoms with van der Waals surface area (Å²) < 4.78 is 22.2. The van der Waals surface area contributed by atoms with Crippen LogP contribution in [0.15, 0.2) is 45.6 Å². The third kappa shape index (κ3) is 5.14. The highest BCUT2D eigenvalue weighted by Gasteiger charge is 2.46. The topological polar surface area (TPSA) is 240 Å². The van der Waals surface area contributed by atoms with Gasteiger partial charge >= 0.3 is 0 Å². The lowest BCUT2D eigenvalue weighted by Crippen LogP contribution is -2.58. The Morgan fingerprint density at radius 1 is 0.829 bits per heavy atom. The zero-order chi connectivity index (χ0) is 29.7.